The van der Waals surface area contributed by atoms with Crippen LogP contribution in [0.1, 0.15) is 24.8 Å². The van der Waals surface area contributed by atoms with E-state index in [4.69, 9.17) is 10.2 Å². The summed E-state index contributed by atoms with van der Waals surface area (Å²) in [6.07, 6.45) is 1.30. The molecule has 0 saturated carbocycles. The summed E-state index contributed by atoms with van der Waals surface area (Å²) in [7, 11) is -1.80. The van der Waals surface area contributed by atoms with Crippen LogP contribution >= 0.6 is 0 Å². The van der Waals surface area contributed by atoms with Crippen LogP contribution in [-0.4, -0.2) is 38.7 Å². The summed E-state index contributed by atoms with van der Waals surface area (Å²) < 4.78 is 15.7. The molecule has 0 spiro atoms. The van der Waals surface area contributed by atoms with Crippen molar-refractivity contribution in [1.82, 2.24) is 0 Å². The first kappa shape index (κ1) is 18.2. The molecule has 6 nitrogen and oxygen atoms in total. The monoisotopic (exact) mass is 327 g/mol. The molecule has 122 valence electrons. The Morgan fingerprint density at radius 2 is 1.86 bits per heavy atom. The summed E-state index contributed by atoms with van der Waals surface area (Å²) in [5.41, 5.74) is 1.16. The van der Waals surface area contributed by atoms with Crippen molar-refractivity contribution in [3.05, 3.63) is 35.9 Å². The lowest BCUT2D eigenvalue weighted by Gasteiger charge is -2.07. The van der Waals surface area contributed by atoms with E-state index in [-0.39, 0.29) is 19.4 Å². The summed E-state index contributed by atoms with van der Waals surface area (Å²) in [4.78, 5) is 21.4. The van der Waals surface area contributed by atoms with Crippen LogP contribution in [0.5, 0.6) is 0 Å². The van der Waals surface area contributed by atoms with Gasteiger partial charge < -0.3 is 10.2 Å². The maximum absolute atomic E-state index is 11.8. The Kier molecular flexibility index (Phi) is 8.21. The van der Waals surface area contributed by atoms with Crippen LogP contribution in [0.25, 0.3) is 0 Å². The molecule has 0 amide bonds. The van der Waals surface area contributed by atoms with E-state index < -0.39 is 28.5 Å². The standard InChI is InChI=1S/C15H21NO5S/c17-14(18)9-8-13(15(19)20)11-16-22(21)10-4-7-12-5-2-1-3-6-12/h1-3,5-6,13,22H,4,7-11H2,(H,17,18)(H,19,20). The average molecular weight is 327 g/mol. The number of rotatable bonds is 10. The van der Waals surface area contributed by atoms with Crippen LogP contribution in [0.4, 0.5) is 0 Å². The van der Waals surface area contributed by atoms with Crippen molar-refractivity contribution in [1.29, 1.82) is 0 Å². The molecule has 0 aliphatic heterocycles. The number of nitrogens with zero attached hydrogens (tertiary/aromatic N) is 1. The number of thiol groups is 1. The summed E-state index contributed by atoms with van der Waals surface area (Å²) in [6, 6.07) is 9.81. The van der Waals surface area contributed by atoms with Gasteiger partial charge in [0.15, 0.2) is 0 Å². The lowest BCUT2D eigenvalue weighted by atomic mass is 10.0. The number of aliphatic carboxylic acids is 2. The first-order valence-electron chi connectivity index (χ1n) is 7.09. The van der Waals surface area contributed by atoms with Crippen LogP contribution in [-0.2, 0) is 26.6 Å². The molecule has 0 aliphatic carbocycles. The molecule has 0 radical (unpaired) electrons. The van der Waals surface area contributed by atoms with Crippen molar-refractivity contribution < 1.29 is 24.0 Å². The van der Waals surface area contributed by atoms with Crippen molar-refractivity contribution in [3.63, 3.8) is 0 Å². The smallest absolute Gasteiger partial charge is 0.308 e. The third-order valence-electron chi connectivity index (χ3n) is 3.17. The van der Waals surface area contributed by atoms with Gasteiger partial charge in [-0.3, -0.25) is 13.8 Å². The number of hydrogen-bond donors (Lipinski definition) is 3. The van der Waals surface area contributed by atoms with Gasteiger partial charge in [0.25, 0.3) is 0 Å². The summed E-state index contributed by atoms with van der Waals surface area (Å²) in [6.45, 7) is -0.0941. The molecule has 2 N–H and O–H groups in total. The maximum atomic E-state index is 11.8. The molecular formula is C15H21NO5S. The molecule has 2 unspecified atom stereocenters. The van der Waals surface area contributed by atoms with Crippen LogP contribution in [0.3, 0.4) is 0 Å². The number of aryl methyl sites for hydroxylation is 1. The van der Waals surface area contributed by atoms with Gasteiger partial charge in [-0.15, -0.1) is 0 Å². The third kappa shape index (κ3) is 7.78. The van der Waals surface area contributed by atoms with E-state index in [1.807, 2.05) is 30.3 Å². The van der Waals surface area contributed by atoms with Crippen LogP contribution in [0, 0.1) is 5.92 Å². The van der Waals surface area contributed by atoms with E-state index in [1.165, 1.54) is 0 Å². The maximum Gasteiger partial charge on any atom is 0.308 e. The Labute approximate surface area is 131 Å². The SMILES string of the molecule is O=C(O)CCC(C/N=[SH](=O)\CCCc1ccccc1)C(=O)O. The first-order chi connectivity index (χ1) is 10.5. The highest BCUT2D eigenvalue weighted by atomic mass is 32.2. The zero-order valence-electron chi connectivity index (χ0n) is 12.2. The molecule has 0 heterocycles. The van der Waals surface area contributed by atoms with Gasteiger partial charge in [-0.1, -0.05) is 30.3 Å². The number of carbonyl (C=O) groups is 2. The second-order valence-corrected chi connectivity index (χ2v) is 6.39. The quantitative estimate of drug-likeness (QED) is 0.569. The summed E-state index contributed by atoms with van der Waals surface area (Å²) in [5, 5.41) is 17.5. The van der Waals surface area contributed by atoms with Gasteiger partial charge in [-0.2, -0.15) is 0 Å². The molecule has 1 rings (SSSR count). The van der Waals surface area contributed by atoms with Gasteiger partial charge in [0.2, 0.25) is 0 Å². The minimum atomic E-state index is -1.80. The number of hydrogen-bond acceptors (Lipinski definition) is 4. The topological polar surface area (TPSA) is 104 Å². The van der Waals surface area contributed by atoms with Crippen molar-refractivity contribution in [2.24, 2.45) is 10.3 Å². The Balaban J connectivity index is 2.38. The fraction of sp³-hybridized carbons (Fsp3) is 0.467. The van der Waals surface area contributed by atoms with Gasteiger partial charge in [0, 0.05) is 22.8 Å². The molecule has 0 fully saturated rings. The van der Waals surface area contributed by atoms with Crippen molar-refractivity contribution in [2.75, 3.05) is 12.3 Å². The summed E-state index contributed by atoms with van der Waals surface area (Å²) >= 11 is 0. The van der Waals surface area contributed by atoms with E-state index in [2.05, 4.69) is 4.36 Å². The largest absolute Gasteiger partial charge is 0.481 e. The van der Waals surface area contributed by atoms with E-state index in [0.29, 0.717) is 5.75 Å². The van der Waals surface area contributed by atoms with Crippen LogP contribution in [0.2, 0.25) is 0 Å². The minimum absolute atomic E-state index is 0.00134. The lowest BCUT2D eigenvalue weighted by molar-refractivity contribution is -0.142. The van der Waals surface area contributed by atoms with Crippen LogP contribution < -0.4 is 0 Å². The normalized spacial score (nSPS) is 13.6. The zero-order chi connectivity index (χ0) is 16.4. The third-order valence-corrected chi connectivity index (χ3v) is 4.35. The van der Waals surface area contributed by atoms with Crippen molar-refractivity contribution in [2.45, 2.75) is 25.7 Å². The second-order valence-electron chi connectivity index (χ2n) is 4.96. The number of benzene rings is 1. The Morgan fingerprint density at radius 3 is 2.45 bits per heavy atom. The van der Waals surface area contributed by atoms with E-state index in [9.17, 15) is 13.8 Å². The van der Waals surface area contributed by atoms with Crippen molar-refractivity contribution in [3.8, 4) is 0 Å². The van der Waals surface area contributed by atoms with Gasteiger partial charge in [0.05, 0.1) is 12.5 Å². The van der Waals surface area contributed by atoms with E-state index in [1.54, 1.807) is 0 Å². The minimum Gasteiger partial charge on any atom is -0.481 e. The molecule has 1 aromatic rings. The molecule has 0 saturated heterocycles. The molecule has 22 heavy (non-hydrogen) atoms. The van der Waals surface area contributed by atoms with Crippen molar-refractivity contribution >= 4 is 22.5 Å². The molecular weight excluding hydrogens is 306 g/mol. The molecule has 2 atom stereocenters. The van der Waals surface area contributed by atoms with Gasteiger partial charge in [-0.05, 0) is 24.8 Å². The fourth-order valence-electron chi connectivity index (χ4n) is 1.91. The van der Waals surface area contributed by atoms with Crippen LogP contribution in [0.15, 0.2) is 34.7 Å². The second kappa shape index (κ2) is 9.94. The Morgan fingerprint density at radius 1 is 1.18 bits per heavy atom. The van der Waals surface area contributed by atoms with E-state index >= 15 is 0 Å². The molecule has 0 bridgehead atoms. The highest BCUT2D eigenvalue weighted by molar-refractivity contribution is 7.74. The predicted octanol–water partition coefficient (Wildman–Crippen LogP) is 1.85. The highest BCUT2D eigenvalue weighted by Crippen LogP contribution is 2.08. The van der Waals surface area contributed by atoms with E-state index in [0.717, 1.165) is 18.4 Å². The Hall–Kier alpha value is -1.89. The first-order valence-corrected chi connectivity index (χ1v) is 8.49. The number of carboxylic acids is 2. The molecule has 7 heteroatoms. The highest BCUT2D eigenvalue weighted by Gasteiger charge is 2.18. The zero-order valence-corrected chi connectivity index (χ0v) is 13.1. The van der Waals surface area contributed by atoms with Gasteiger partial charge in [0.1, 0.15) is 0 Å². The molecule has 0 aromatic heterocycles. The molecule has 1 aromatic carbocycles. The van der Waals surface area contributed by atoms with Gasteiger partial charge in [-0.25, -0.2) is 4.36 Å². The van der Waals surface area contributed by atoms with Gasteiger partial charge >= 0.3 is 11.9 Å². The summed E-state index contributed by atoms with van der Waals surface area (Å²) in [5.74, 6) is -2.62. The lowest BCUT2D eigenvalue weighted by Crippen LogP contribution is -2.18. The fourth-order valence-corrected chi connectivity index (χ4v) is 2.86. The Bertz CT molecular complexity index is 567. The predicted molar refractivity (Wildman–Crippen MR) is 84.5 cm³/mol. The molecule has 0 aliphatic rings. The average Bonchev–Trinajstić information content (AvgIpc) is 2.47. The number of carboxylic acid groups (broad SMARTS) is 2.